The summed E-state index contributed by atoms with van der Waals surface area (Å²) >= 11 is 0. The van der Waals surface area contributed by atoms with E-state index < -0.39 is 152 Å². The molecule has 1 heterocycles. The van der Waals surface area contributed by atoms with Crippen molar-refractivity contribution in [1.82, 2.24) is 0 Å². The maximum Gasteiger partial charge on any atom is 0.308 e. The van der Waals surface area contributed by atoms with Crippen LogP contribution < -0.4 is 0 Å². The van der Waals surface area contributed by atoms with Crippen LogP contribution >= 0.6 is 0 Å². The Morgan fingerprint density at radius 3 is 2.87 bits per heavy atom. The molecule has 214 valence electrons. The molecule has 1 N–H and O–H groups in total. The van der Waals surface area contributed by atoms with Gasteiger partial charge in [-0.1, -0.05) is 58.5 Å². The van der Waals surface area contributed by atoms with Gasteiger partial charge in [0.25, 0.3) is 0 Å². The van der Waals surface area contributed by atoms with Crippen LogP contribution in [0.5, 0.6) is 0 Å². The summed E-state index contributed by atoms with van der Waals surface area (Å²) in [6, 6.07) is -1.27. The lowest BCUT2D eigenvalue weighted by Gasteiger charge is -2.59. The molecule has 0 bridgehead atoms. The third kappa shape index (κ3) is 3.97. The van der Waals surface area contributed by atoms with Gasteiger partial charge in [0.1, 0.15) is 0 Å². The molecule has 7 heteroatoms. The van der Waals surface area contributed by atoms with Crippen molar-refractivity contribution >= 4 is 17.5 Å². The van der Waals surface area contributed by atoms with Crippen molar-refractivity contribution in [2.45, 2.75) is 109 Å². The van der Waals surface area contributed by atoms with Gasteiger partial charge >= 0.3 is 5.97 Å². The van der Waals surface area contributed by atoms with E-state index in [4.69, 9.17) is 33.4 Å². The Morgan fingerprint density at radius 2 is 2.10 bits per heavy atom. The first-order valence-electron chi connectivity index (χ1n) is 20.9. The molecule has 6 rings (SSSR count). The van der Waals surface area contributed by atoms with Gasteiger partial charge in [-0.3, -0.25) is 14.4 Å². The average molecular weight is 556 g/mol. The molecule has 0 aromatic carbocycles. The van der Waals surface area contributed by atoms with E-state index in [1.54, 1.807) is 0 Å². The minimum Gasteiger partial charge on any atom is -0.457 e. The number of aliphatic hydroxyl groups is 1. The number of carbonyl (C=O) groups is 3. The number of aliphatic hydroxyl groups excluding tert-OH is 1. The van der Waals surface area contributed by atoms with Crippen LogP contribution in [0.1, 0.15) is 106 Å². The number of ether oxygens (including phenoxy) is 3. The lowest BCUT2D eigenvalue weighted by Crippen LogP contribution is -2.63. The van der Waals surface area contributed by atoms with Crippen molar-refractivity contribution in [3.8, 4) is 0 Å². The molecule has 7 nitrogen and oxygen atoms in total. The number of hydrogen-bond acceptors (Lipinski definition) is 7. The fourth-order valence-electron chi connectivity index (χ4n) is 7.84. The second kappa shape index (κ2) is 9.63. The fraction of sp³-hybridized carbons (Fsp3) is 0.781. The van der Waals surface area contributed by atoms with E-state index in [-0.39, 0.29) is 12.0 Å². The minimum atomic E-state index is -3.69. The highest BCUT2D eigenvalue weighted by molar-refractivity contribution is 6.01. The predicted molar refractivity (Wildman–Crippen MR) is 143 cm³/mol. The van der Waals surface area contributed by atoms with E-state index >= 15 is 0 Å². The van der Waals surface area contributed by atoms with Crippen molar-refractivity contribution in [3.05, 3.63) is 23.8 Å². The number of ketones is 2. The zero-order valence-corrected chi connectivity index (χ0v) is 22.3. The summed E-state index contributed by atoms with van der Waals surface area (Å²) in [5, 5.41) is 12.1. The number of hydrogen-bond donors (Lipinski definition) is 1. The van der Waals surface area contributed by atoms with Crippen LogP contribution in [-0.4, -0.2) is 53.3 Å². The summed E-state index contributed by atoms with van der Waals surface area (Å²) in [6.45, 7) is 2.22. The zero-order chi connectivity index (χ0) is 41.2. The van der Waals surface area contributed by atoms with Crippen molar-refractivity contribution < 1.29 is 54.3 Å². The maximum atomic E-state index is 14.9. The molecule has 6 aliphatic rings. The van der Waals surface area contributed by atoms with Gasteiger partial charge in [-0.2, -0.15) is 0 Å². The molecule has 39 heavy (non-hydrogen) atoms. The second-order valence-corrected chi connectivity index (χ2v) is 12.1. The molecule has 0 spiro atoms. The Bertz CT molecular complexity index is 1760. The van der Waals surface area contributed by atoms with Crippen LogP contribution in [-0.2, 0) is 28.6 Å². The number of carbonyl (C=O) groups excluding carboxylic acids is 3. The van der Waals surface area contributed by atoms with Gasteiger partial charge in [0.05, 0.1) is 23.6 Å². The fourth-order valence-corrected chi connectivity index (χ4v) is 7.84. The van der Waals surface area contributed by atoms with Crippen LogP contribution in [0.15, 0.2) is 23.8 Å². The van der Waals surface area contributed by atoms with Crippen LogP contribution in [0.2, 0.25) is 0 Å². The molecule has 0 aromatic heterocycles. The number of fused-ring (bicyclic) bond motifs is 7. The third-order valence-electron chi connectivity index (χ3n) is 9.67. The van der Waals surface area contributed by atoms with E-state index in [1.165, 1.54) is 33.8 Å². The minimum absolute atomic E-state index is 0.215. The molecule has 0 radical (unpaired) electrons. The van der Waals surface area contributed by atoms with E-state index in [2.05, 4.69) is 0 Å². The predicted octanol–water partition coefficient (Wildman–Crippen LogP) is 4.70. The van der Waals surface area contributed by atoms with E-state index in [0.29, 0.717) is 0 Å². The number of esters is 1. The topological polar surface area (TPSA) is 99.1 Å². The zero-order valence-electron chi connectivity index (χ0n) is 37.3. The summed E-state index contributed by atoms with van der Waals surface area (Å²) in [5.74, 6) is -10.5. The van der Waals surface area contributed by atoms with Crippen LogP contribution in [0.4, 0.5) is 0 Å². The summed E-state index contributed by atoms with van der Waals surface area (Å²) in [4.78, 5) is 40.3. The molecule has 1 aliphatic heterocycles. The van der Waals surface area contributed by atoms with E-state index in [9.17, 15) is 20.9 Å². The van der Waals surface area contributed by atoms with Crippen LogP contribution in [0.25, 0.3) is 0 Å². The monoisotopic (exact) mass is 555 g/mol. The first-order valence-corrected chi connectivity index (χ1v) is 13.4. The normalized spacial score (nSPS) is 61.5. The van der Waals surface area contributed by atoms with Gasteiger partial charge in [-0.25, -0.2) is 0 Å². The SMILES string of the molecule is [2H]C1=C[C@@]2(C)C(=C([2H])C1=O)C([2H])([2H])C[C@@H]1[C@@H]2[C@@H](O)C[C@@]2(C)[C@H]1C[C@H]1O[C@@H](C3([2H])CC([2H])([2H])C([2H])([2H])C([2H])([2H])C3([2H])[2H])O[C@]12C(=O)C([2H])([2H])OC(=O)C(C)C. The van der Waals surface area contributed by atoms with Crippen molar-refractivity contribution in [2.75, 3.05) is 6.56 Å². The van der Waals surface area contributed by atoms with Crippen LogP contribution in [0, 0.1) is 40.4 Å². The molecular weight excluding hydrogens is 496 g/mol. The summed E-state index contributed by atoms with van der Waals surface area (Å²) < 4.78 is 147. The highest BCUT2D eigenvalue weighted by Gasteiger charge is 2.76. The maximum absolute atomic E-state index is 14.9. The Morgan fingerprint density at radius 1 is 1.31 bits per heavy atom. The summed E-state index contributed by atoms with van der Waals surface area (Å²) in [5.41, 5.74) is -6.23. The van der Waals surface area contributed by atoms with Gasteiger partial charge in [-0.15, -0.1) is 0 Å². The molecule has 1 saturated heterocycles. The largest absolute Gasteiger partial charge is 0.457 e. The Labute approximate surface area is 252 Å². The highest BCUT2D eigenvalue weighted by atomic mass is 16.7. The third-order valence-corrected chi connectivity index (χ3v) is 9.67. The van der Waals surface area contributed by atoms with E-state index in [1.807, 2.05) is 0 Å². The molecule has 4 saturated carbocycles. The average Bonchev–Trinajstić information content (AvgIpc) is 3.50. The number of rotatable bonds is 5. The van der Waals surface area contributed by atoms with Crippen molar-refractivity contribution in [3.63, 3.8) is 0 Å². The Kier molecular flexibility index (Phi) is 3.67. The van der Waals surface area contributed by atoms with Gasteiger partial charge in [0, 0.05) is 37.7 Å². The Hall–Kier alpha value is -1.83. The standard InChI is InChI=1S/C32H44O7/c1-18(2)28(36)37-17-25(35)32-26(38-29(39-32)19-8-6-5-7-9-19)15-23-22-11-10-20-14-21(33)12-13-30(20,3)27(22)24(34)16-31(23,32)4/h12-14,18-19,22-24,26-27,29,34H,5-11,15-17H2,1-4H3/t22-,23-,24-,26+,27+,29+,30-,31-,32+/m0/s1/i5D2,6D2,7D2,8D2,10D2,12D,14D,17D2,19D/t19?,22-,23-,24-,26+,27+,29+,30-,31-,32+. The molecule has 0 amide bonds. The highest BCUT2D eigenvalue weighted by Crippen LogP contribution is 2.70. The molecule has 1 unspecified atom stereocenters. The van der Waals surface area contributed by atoms with Crippen molar-refractivity contribution in [2.24, 2.45) is 40.4 Å². The molecular formula is C32H44O7. The van der Waals surface area contributed by atoms with Gasteiger partial charge < -0.3 is 19.3 Å². The lowest BCUT2D eigenvalue weighted by molar-refractivity contribution is -0.210. The smallest absolute Gasteiger partial charge is 0.308 e. The lowest BCUT2D eigenvalue weighted by atomic mass is 9.46. The van der Waals surface area contributed by atoms with Gasteiger partial charge in [0.15, 0.2) is 24.2 Å². The molecule has 5 aliphatic carbocycles. The molecule has 5 fully saturated rings. The number of Topliss-reactive ketones (excluding diaryl/α,β-unsaturated/α-hetero) is 1. The van der Waals surface area contributed by atoms with Crippen molar-refractivity contribution in [1.29, 1.82) is 0 Å². The summed E-state index contributed by atoms with van der Waals surface area (Å²) in [6.07, 6.45) is -23.1. The quantitative estimate of drug-likeness (QED) is 0.491. The van der Waals surface area contributed by atoms with Gasteiger partial charge in [-0.05, 0) is 62.4 Å². The second-order valence-electron chi connectivity index (χ2n) is 12.1. The van der Waals surface area contributed by atoms with Gasteiger partial charge in [0.2, 0.25) is 5.78 Å². The first kappa shape index (κ1) is 14.9. The van der Waals surface area contributed by atoms with E-state index in [0.717, 1.165) is 0 Å². The molecule has 10 atom stereocenters. The van der Waals surface area contributed by atoms with Crippen LogP contribution in [0.3, 0.4) is 0 Å². The summed E-state index contributed by atoms with van der Waals surface area (Å²) in [7, 11) is 0. The Balaban J connectivity index is 1.52. The number of allylic oxidation sites excluding steroid dienone is 4. The molecule has 0 aromatic rings. The first-order chi connectivity index (χ1) is 24.2.